The van der Waals surface area contributed by atoms with Gasteiger partial charge in [-0.1, -0.05) is 19.1 Å². The summed E-state index contributed by atoms with van der Waals surface area (Å²) >= 11 is 0. The Labute approximate surface area is 141 Å². The van der Waals surface area contributed by atoms with Crippen LogP contribution in [0.15, 0.2) is 29.4 Å². The Morgan fingerprint density at radius 3 is 2.96 bits per heavy atom. The standard InChI is InChI=1S/C17H23N3O4/c1-2-9-24-15-8-4-3-6-13(15)11-19-20-17(22)16(21)18-12-14-7-5-10-23-14/h3-4,6,8,11,14H,2,5,7,9-10,12H2,1H3,(H,18,21)(H,20,22)/b19-11-/t14-/m0/s1. The van der Waals surface area contributed by atoms with Crippen LogP contribution in [-0.2, 0) is 14.3 Å². The molecule has 0 bridgehead atoms. The second kappa shape index (κ2) is 9.67. The molecule has 130 valence electrons. The van der Waals surface area contributed by atoms with Crippen molar-refractivity contribution in [1.29, 1.82) is 0 Å². The summed E-state index contributed by atoms with van der Waals surface area (Å²) in [4.78, 5) is 23.4. The van der Waals surface area contributed by atoms with Gasteiger partial charge in [-0.25, -0.2) is 5.43 Å². The molecule has 0 aromatic heterocycles. The molecule has 7 heteroatoms. The molecule has 0 spiro atoms. The van der Waals surface area contributed by atoms with E-state index in [4.69, 9.17) is 9.47 Å². The molecule has 0 saturated carbocycles. The lowest BCUT2D eigenvalue weighted by Gasteiger charge is -2.09. The zero-order valence-electron chi connectivity index (χ0n) is 13.8. The number of nitrogens with one attached hydrogen (secondary N) is 2. The summed E-state index contributed by atoms with van der Waals surface area (Å²) < 4.78 is 11.0. The summed E-state index contributed by atoms with van der Waals surface area (Å²) in [5, 5.41) is 6.35. The minimum atomic E-state index is -0.809. The van der Waals surface area contributed by atoms with Crippen molar-refractivity contribution in [3.63, 3.8) is 0 Å². The first-order valence-electron chi connectivity index (χ1n) is 8.15. The van der Waals surface area contributed by atoms with Gasteiger partial charge in [-0.3, -0.25) is 9.59 Å². The van der Waals surface area contributed by atoms with Gasteiger partial charge in [0.1, 0.15) is 5.75 Å². The lowest BCUT2D eigenvalue weighted by Crippen LogP contribution is -2.41. The molecule has 1 aliphatic heterocycles. The Morgan fingerprint density at radius 1 is 1.38 bits per heavy atom. The van der Waals surface area contributed by atoms with Crippen molar-refractivity contribution >= 4 is 18.0 Å². The zero-order chi connectivity index (χ0) is 17.2. The number of ether oxygens (including phenoxy) is 2. The van der Waals surface area contributed by atoms with Crippen molar-refractivity contribution in [3.05, 3.63) is 29.8 Å². The monoisotopic (exact) mass is 333 g/mol. The van der Waals surface area contributed by atoms with Crippen LogP contribution in [0.4, 0.5) is 0 Å². The van der Waals surface area contributed by atoms with E-state index in [1.807, 2.05) is 31.2 Å². The lowest BCUT2D eigenvalue weighted by atomic mass is 10.2. The van der Waals surface area contributed by atoms with Gasteiger partial charge in [0.2, 0.25) is 0 Å². The third-order valence-corrected chi connectivity index (χ3v) is 3.47. The van der Waals surface area contributed by atoms with Crippen LogP contribution in [0.5, 0.6) is 5.75 Å². The van der Waals surface area contributed by atoms with Crippen molar-refractivity contribution in [2.45, 2.75) is 32.3 Å². The van der Waals surface area contributed by atoms with Crippen LogP contribution >= 0.6 is 0 Å². The second-order valence-corrected chi connectivity index (χ2v) is 5.43. The van der Waals surface area contributed by atoms with Gasteiger partial charge in [0, 0.05) is 18.7 Å². The minimum absolute atomic E-state index is 0.00663. The predicted octanol–water partition coefficient (Wildman–Crippen LogP) is 1.22. The van der Waals surface area contributed by atoms with Crippen LogP contribution in [0.25, 0.3) is 0 Å². The molecule has 2 rings (SSSR count). The highest BCUT2D eigenvalue weighted by Crippen LogP contribution is 2.15. The molecule has 2 amide bonds. The quantitative estimate of drug-likeness (QED) is 0.446. The number of carbonyl (C=O) groups is 2. The summed E-state index contributed by atoms with van der Waals surface area (Å²) in [6.45, 7) is 3.66. The molecule has 0 aliphatic carbocycles. The van der Waals surface area contributed by atoms with Crippen LogP contribution in [-0.4, -0.2) is 43.9 Å². The molecular formula is C17H23N3O4. The summed E-state index contributed by atoms with van der Waals surface area (Å²) in [6.07, 6.45) is 4.22. The zero-order valence-corrected chi connectivity index (χ0v) is 13.8. The van der Waals surface area contributed by atoms with Crippen molar-refractivity contribution in [2.24, 2.45) is 5.10 Å². The first-order valence-corrected chi connectivity index (χ1v) is 8.15. The molecule has 1 fully saturated rings. The molecule has 1 aromatic carbocycles. The van der Waals surface area contributed by atoms with Crippen molar-refractivity contribution in [3.8, 4) is 5.75 Å². The Balaban J connectivity index is 1.79. The molecule has 1 saturated heterocycles. The molecule has 0 unspecified atom stereocenters. The van der Waals surface area contributed by atoms with Crippen molar-refractivity contribution in [1.82, 2.24) is 10.7 Å². The number of benzene rings is 1. The number of carbonyl (C=O) groups excluding carboxylic acids is 2. The van der Waals surface area contributed by atoms with Crippen LogP contribution in [0.1, 0.15) is 31.7 Å². The molecular weight excluding hydrogens is 310 g/mol. The number of hydrazone groups is 1. The number of nitrogens with zero attached hydrogens (tertiary/aromatic N) is 1. The lowest BCUT2D eigenvalue weighted by molar-refractivity contribution is -0.139. The van der Waals surface area contributed by atoms with Gasteiger partial charge in [-0.15, -0.1) is 0 Å². The number of para-hydroxylation sites is 1. The van der Waals surface area contributed by atoms with E-state index < -0.39 is 11.8 Å². The van der Waals surface area contributed by atoms with E-state index >= 15 is 0 Å². The second-order valence-electron chi connectivity index (χ2n) is 5.43. The third kappa shape index (κ3) is 5.66. The average molecular weight is 333 g/mol. The molecule has 1 heterocycles. The molecule has 1 aliphatic rings. The van der Waals surface area contributed by atoms with E-state index in [1.54, 1.807) is 0 Å². The largest absolute Gasteiger partial charge is 0.493 e. The topological polar surface area (TPSA) is 89.0 Å². The summed E-state index contributed by atoms with van der Waals surface area (Å²) in [5.41, 5.74) is 2.94. The van der Waals surface area contributed by atoms with Crippen LogP contribution in [0.2, 0.25) is 0 Å². The number of hydrogen-bond acceptors (Lipinski definition) is 5. The Morgan fingerprint density at radius 2 is 2.21 bits per heavy atom. The van der Waals surface area contributed by atoms with E-state index in [0.717, 1.165) is 24.8 Å². The highest BCUT2D eigenvalue weighted by Gasteiger charge is 2.18. The number of hydrogen-bond donors (Lipinski definition) is 2. The normalized spacial score (nSPS) is 17.0. The summed E-state index contributed by atoms with van der Waals surface area (Å²) in [5.74, 6) is -0.852. The van der Waals surface area contributed by atoms with E-state index in [1.165, 1.54) is 6.21 Å². The molecule has 24 heavy (non-hydrogen) atoms. The SMILES string of the molecule is CCCOc1ccccc1/C=N\NC(=O)C(=O)NC[C@@H]1CCCO1. The van der Waals surface area contributed by atoms with E-state index in [2.05, 4.69) is 15.8 Å². The van der Waals surface area contributed by atoms with Crippen LogP contribution < -0.4 is 15.5 Å². The fourth-order valence-corrected chi connectivity index (χ4v) is 2.23. The Kier molecular flexibility index (Phi) is 7.22. The van der Waals surface area contributed by atoms with Gasteiger partial charge in [0.05, 0.1) is 18.9 Å². The van der Waals surface area contributed by atoms with E-state index in [9.17, 15) is 9.59 Å². The summed E-state index contributed by atoms with van der Waals surface area (Å²) in [6, 6.07) is 7.35. The van der Waals surface area contributed by atoms with Crippen molar-refractivity contribution < 1.29 is 19.1 Å². The maximum atomic E-state index is 11.7. The average Bonchev–Trinajstić information content (AvgIpc) is 3.12. The highest BCUT2D eigenvalue weighted by molar-refractivity contribution is 6.35. The smallest absolute Gasteiger partial charge is 0.329 e. The van der Waals surface area contributed by atoms with E-state index in [0.29, 0.717) is 25.5 Å². The highest BCUT2D eigenvalue weighted by atomic mass is 16.5. The molecule has 1 aromatic rings. The fourth-order valence-electron chi connectivity index (χ4n) is 2.23. The van der Waals surface area contributed by atoms with Gasteiger partial charge in [0.25, 0.3) is 0 Å². The summed E-state index contributed by atoms with van der Waals surface area (Å²) in [7, 11) is 0. The number of rotatable bonds is 7. The predicted molar refractivity (Wildman–Crippen MR) is 89.9 cm³/mol. The maximum Gasteiger partial charge on any atom is 0.329 e. The first kappa shape index (κ1) is 17.9. The first-order chi connectivity index (χ1) is 11.7. The molecule has 1 atom stereocenters. The maximum absolute atomic E-state index is 11.7. The van der Waals surface area contributed by atoms with Gasteiger partial charge in [-0.2, -0.15) is 5.10 Å². The molecule has 7 nitrogen and oxygen atoms in total. The molecule has 0 radical (unpaired) electrons. The fraction of sp³-hybridized carbons (Fsp3) is 0.471. The van der Waals surface area contributed by atoms with Crippen LogP contribution in [0, 0.1) is 0 Å². The van der Waals surface area contributed by atoms with Gasteiger partial charge >= 0.3 is 11.8 Å². The Bertz CT molecular complexity index is 583. The van der Waals surface area contributed by atoms with E-state index in [-0.39, 0.29) is 6.10 Å². The van der Waals surface area contributed by atoms with Gasteiger partial charge in [0.15, 0.2) is 0 Å². The van der Waals surface area contributed by atoms with Crippen LogP contribution in [0.3, 0.4) is 0 Å². The Hall–Kier alpha value is -2.41. The van der Waals surface area contributed by atoms with Crippen molar-refractivity contribution in [2.75, 3.05) is 19.8 Å². The molecule has 2 N–H and O–H groups in total. The van der Waals surface area contributed by atoms with Gasteiger partial charge < -0.3 is 14.8 Å². The number of amides is 2. The minimum Gasteiger partial charge on any atom is -0.493 e. The third-order valence-electron chi connectivity index (χ3n) is 3.47. The van der Waals surface area contributed by atoms with Gasteiger partial charge in [-0.05, 0) is 31.4 Å².